The van der Waals surface area contributed by atoms with Crippen molar-refractivity contribution in [2.75, 3.05) is 6.67 Å². The number of fused-ring (bicyclic) bond motifs is 1. The molecule has 0 aromatic carbocycles. The van der Waals surface area contributed by atoms with E-state index in [2.05, 4.69) is 4.98 Å². The Labute approximate surface area is 123 Å². The van der Waals surface area contributed by atoms with Crippen molar-refractivity contribution in [1.29, 1.82) is 0 Å². The number of nitrogens with zero attached hydrogens (tertiary/aromatic N) is 2. The lowest BCUT2D eigenvalue weighted by Crippen LogP contribution is -2.24. The molecule has 0 atom stereocenters. The van der Waals surface area contributed by atoms with Crippen molar-refractivity contribution in [1.82, 2.24) is 9.55 Å². The van der Waals surface area contributed by atoms with E-state index in [0.717, 1.165) is 20.1 Å². The Hall–Kier alpha value is -1.53. The Kier molecular flexibility index (Phi) is 3.43. The molecule has 20 heavy (non-hydrogen) atoms. The summed E-state index contributed by atoms with van der Waals surface area (Å²) < 4.78 is 14.1. The Morgan fingerprint density at radius 2 is 2.20 bits per heavy atom. The standard InChI is InChI=1S/C14H13FN2OS2/c1-8-11(10-4-3-7-19-10)12-13(20-8)16-9(2)17(6-5-15)14(12)18/h3-4,7H,5-6H2,1-2H3. The molecular weight excluding hydrogens is 295 g/mol. The molecule has 0 amide bonds. The summed E-state index contributed by atoms with van der Waals surface area (Å²) in [7, 11) is 0. The zero-order valence-corrected chi connectivity index (χ0v) is 12.8. The Bertz CT molecular complexity index is 818. The van der Waals surface area contributed by atoms with Crippen molar-refractivity contribution in [3.05, 3.63) is 38.6 Å². The van der Waals surface area contributed by atoms with E-state index in [4.69, 9.17) is 0 Å². The second kappa shape index (κ2) is 5.10. The van der Waals surface area contributed by atoms with Gasteiger partial charge in [0, 0.05) is 15.3 Å². The van der Waals surface area contributed by atoms with Crippen LogP contribution in [0.3, 0.4) is 0 Å². The molecule has 0 bridgehead atoms. The second-order valence-corrected chi connectivity index (χ2v) is 6.65. The van der Waals surface area contributed by atoms with E-state index in [9.17, 15) is 9.18 Å². The monoisotopic (exact) mass is 308 g/mol. The summed E-state index contributed by atoms with van der Waals surface area (Å²) in [6.07, 6.45) is 0. The second-order valence-electron chi connectivity index (χ2n) is 4.50. The summed E-state index contributed by atoms with van der Waals surface area (Å²) >= 11 is 3.12. The Morgan fingerprint density at radius 1 is 1.40 bits per heavy atom. The summed E-state index contributed by atoms with van der Waals surface area (Å²) in [4.78, 5) is 20.0. The van der Waals surface area contributed by atoms with Gasteiger partial charge in [-0.05, 0) is 25.3 Å². The first-order valence-electron chi connectivity index (χ1n) is 6.24. The van der Waals surface area contributed by atoms with Crippen LogP contribution in [0.15, 0.2) is 22.3 Å². The molecule has 0 radical (unpaired) electrons. The molecule has 0 aliphatic rings. The van der Waals surface area contributed by atoms with Gasteiger partial charge < -0.3 is 0 Å². The Balaban J connectivity index is 2.40. The van der Waals surface area contributed by atoms with E-state index in [-0.39, 0.29) is 12.1 Å². The maximum atomic E-state index is 12.6. The molecule has 3 aromatic rings. The molecule has 3 nitrogen and oxygen atoms in total. The van der Waals surface area contributed by atoms with Crippen LogP contribution in [0.1, 0.15) is 10.7 Å². The van der Waals surface area contributed by atoms with Crippen LogP contribution in [0, 0.1) is 13.8 Å². The van der Waals surface area contributed by atoms with Gasteiger partial charge in [0.25, 0.3) is 5.56 Å². The van der Waals surface area contributed by atoms with Crippen molar-refractivity contribution >= 4 is 32.9 Å². The molecule has 0 saturated carbocycles. The first-order chi connectivity index (χ1) is 9.63. The van der Waals surface area contributed by atoms with Crippen molar-refractivity contribution in [3.63, 3.8) is 0 Å². The number of aromatic nitrogens is 2. The van der Waals surface area contributed by atoms with Crippen molar-refractivity contribution in [2.24, 2.45) is 0 Å². The van der Waals surface area contributed by atoms with Gasteiger partial charge in [-0.1, -0.05) is 6.07 Å². The molecule has 3 rings (SSSR count). The fraction of sp³-hybridized carbons (Fsp3) is 0.286. The van der Waals surface area contributed by atoms with E-state index < -0.39 is 6.67 Å². The average Bonchev–Trinajstić information content (AvgIpc) is 3.01. The van der Waals surface area contributed by atoms with Crippen LogP contribution >= 0.6 is 22.7 Å². The van der Waals surface area contributed by atoms with Gasteiger partial charge in [0.1, 0.15) is 17.3 Å². The number of halogens is 1. The largest absolute Gasteiger partial charge is 0.294 e. The molecule has 6 heteroatoms. The van der Waals surface area contributed by atoms with Gasteiger partial charge in [-0.25, -0.2) is 9.37 Å². The third kappa shape index (κ3) is 1.99. The maximum absolute atomic E-state index is 12.6. The molecule has 3 heterocycles. The zero-order valence-electron chi connectivity index (χ0n) is 11.1. The molecule has 104 valence electrons. The van der Waals surface area contributed by atoms with E-state index >= 15 is 0 Å². The third-order valence-corrected chi connectivity index (χ3v) is 5.14. The molecule has 0 aliphatic heterocycles. The lowest BCUT2D eigenvalue weighted by Gasteiger charge is -2.07. The lowest BCUT2D eigenvalue weighted by atomic mass is 10.1. The van der Waals surface area contributed by atoms with Crippen molar-refractivity contribution in [2.45, 2.75) is 20.4 Å². The first kappa shape index (κ1) is 13.5. The van der Waals surface area contributed by atoms with Crippen LogP contribution in [0.5, 0.6) is 0 Å². The molecule has 0 aliphatic carbocycles. The van der Waals surface area contributed by atoms with Crippen LogP contribution in [-0.2, 0) is 6.54 Å². The van der Waals surface area contributed by atoms with Gasteiger partial charge in [0.05, 0.1) is 11.9 Å². The van der Waals surface area contributed by atoms with E-state index in [0.29, 0.717) is 11.2 Å². The first-order valence-corrected chi connectivity index (χ1v) is 7.93. The predicted molar refractivity (Wildman–Crippen MR) is 82.6 cm³/mol. The van der Waals surface area contributed by atoms with Gasteiger partial charge in [0.15, 0.2) is 0 Å². The van der Waals surface area contributed by atoms with E-state index in [1.807, 2.05) is 24.4 Å². The minimum atomic E-state index is -0.564. The lowest BCUT2D eigenvalue weighted by molar-refractivity contribution is 0.435. The minimum Gasteiger partial charge on any atom is -0.294 e. The van der Waals surface area contributed by atoms with Crippen LogP contribution < -0.4 is 5.56 Å². The molecule has 0 saturated heterocycles. The molecule has 0 N–H and O–H groups in total. The summed E-state index contributed by atoms with van der Waals surface area (Å²) in [5, 5.41) is 2.61. The predicted octanol–water partition coefficient (Wildman–Crippen LogP) is 3.77. The van der Waals surface area contributed by atoms with Gasteiger partial charge in [-0.3, -0.25) is 9.36 Å². The van der Waals surface area contributed by atoms with Crippen molar-refractivity contribution in [3.8, 4) is 10.4 Å². The molecule has 0 spiro atoms. The summed E-state index contributed by atoms with van der Waals surface area (Å²) in [5.41, 5.74) is 0.808. The SMILES string of the molecule is Cc1sc2nc(C)n(CCF)c(=O)c2c1-c1cccs1. The summed E-state index contributed by atoms with van der Waals surface area (Å²) in [5.74, 6) is 0.569. The van der Waals surface area contributed by atoms with Crippen LogP contribution in [0.25, 0.3) is 20.7 Å². The number of rotatable bonds is 3. The van der Waals surface area contributed by atoms with E-state index in [1.165, 1.54) is 15.9 Å². The maximum Gasteiger partial charge on any atom is 0.263 e. The highest BCUT2D eigenvalue weighted by Gasteiger charge is 2.18. The van der Waals surface area contributed by atoms with Gasteiger partial charge in [-0.2, -0.15) is 0 Å². The van der Waals surface area contributed by atoms with Crippen LogP contribution in [-0.4, -0.2) is 16.2 Å². The highest BCUT2D eigenvalue weighted by molar-refractivity contribution is 7.20. The van der Waals surface area contributed by atoms with Crippen molar-refractivity contribution < 1.29 is 4.39 Å². The fourth-order valence-electron chi connectivity index (χ4n) is 2.36. The van der Waals surface area contributed by atoms with Gasteiger partial charge in [-0.15, -0.1) is 22.7 Å². The normalized spacial score (nSPS) is 11.3. The molecule has 3 aromatic heterocycles. The third-order valence-electron chi connectivity index (χ3n) is 3.25. The van der Waals surface area contributed by atoms with E-state index in [1.54, 1.807) is 18.3 Å². The number of hydrogen-bond acceptors (Lipinski definition) is 4. The zero-order chi connectivity index (χ0) is 14.3. The highest BCUT2D eigenvalue weighted by Crippen LogP contribution is 2.37. The average molecular weight is 308 g/mol. The number of aryl methyl sites for hydroxylation is 2. The van der Waals surface area contributed by atoms with Crippen LogP contribution in [0.2, 0.25) is 0 Å². The number of hydrogen-bond donors (Lipinski definition) is 0. The molecule has 0 fully saturated rings. The van der Waals surface area contributed by atoms with Gasteiger partial charge >= 0.3 is 0 Å². The summed E-state index contributed by atoms with van der Waals surface area (Å²) in [6.45, 7) is 3.24. The smallest absolute Gasteiger partial charge is 0.263 e. The molecular formula is C14H13FN2OS2. The van der Waals surface area contributed by atoms with Crippen LogP contribution in [0.4, 0.5) is 4.39 Å². The Morgan fingerprint density at radius 3 is 2.85 bits per heavy atom. The quantitative estimate of drug-likeness (QED) is 0.738. The number of alkyl halides is 1. The fourth-order valence-corrected chi connectivity index (χ4v) is 4.33. The van der Waals surface area contributed by atoms with Gasteiger partial charge in [0.2, 0.25) is 0 Å². The highest BCUT2D eigenvalue weighted by atomic mass is 32.1. The minimum absolute atomic E-state index is 0.0619. The molecule has 0 unspecified atom stereocenters. The summed E-state index contributed by atoms with van der Waals surface area (Å²) in [6, 6.07) is 3.96. The topological polar surface area (TPSA) is 34.9 Å². The number of thiophene rings is 2.